The summed E-state index contributed by atoms with van der Waals surface area (Å²) in [5.74, 6) is -0.802. The largest absolute Gasteiger partial charge is 0.480 e. The molecule has 0 saturated carbocycles. The van der Waals surface area contributed by atoms with Gasteiger partial charge >= 0.3 is 5.97 Å². The van der Waals surface area contributed by atoms with Crippen LogP contribution in [-0.4, -0.2) is 35.5 Å². The number of carboxylic acid groups (broad SMARTS) is 1. The summed E-state index contributed by atoms with van der Waals surface area (Å²) in [5, 5.41) is 9.04. The molecule has 3 N–H and O–H groups in total. The van der Waals surface area contributed by atoms with Crippen LogP contribution >= 0.6 is 0 Å². The van der Waals surface area contributed by atoms with E-state index in [-0.39, 0.29) is 11.4 Å². The number of sulfonamides is 1. The maximum atomic E-state index is 12.1. The Morgan fingerprint density at radius 2 is 2.05 bits per heavy atom. The predicted octanol–water partition coefficient (Wildman–Crippen LogP) is 0.692. The number of nitrogens with zero attached hydrogens (tertiary/aromatic N) is 1. The van der Waals surface area contributed by atoms with Crippen LogP contribution in [-0.2, 0) is 21.2 Å². The monoisotopic (exact) mass is 309 g/mol. The number of aromatic nitrogens is 2. The van der Waals surface area contributed by atoms with Crippen LogP contribution in [0.5, 0.6) is 0 Å². The van der Waals surface area contributed by atoms with Gasteiger partial charge in [-0.05, 0) is 18.9 Å². The predicted molar refractivity (Wildman–Crippen MR) is 75.2 cm³/mol. The van der Waals surface area contributed by atoms with Crippen molar-refractivity contribution in [2.75, 3.05) is 0 Å². The van der Waals surface area contributed by atoms with Crippen molar-refractivity contribution in [1.82, 2.24) is 14.7 Å². The molecule has 1 atom stereocenters. The minimum Gasteiger partial charge on any atom is -0.480 e. The number of carbonyl (C=O) groups is 1. The van der Waals surface area contributed by atoms with Gasteiger partial charge in [-0.2, -0.15) is 4.72 Å². The van der Waals surface area contributed by atoms with Crippen molar-refractivity contribution < 1.29 is 18.3 Å². The van der Waals surface area contributed by atoms with Crippen molar-refractivity contribution in [2.24, 2.45) is 0 Å². The van der Waals surface area contributed by atoms with Crippen molar-refractivity contribution in [3.8, 4) is 0 Å². The van der Waals surface area contributed by atoms with Crippen LogP contribution in [0.4, 0.5) is 0 Å². The van der Waals surface area contributed by atoms with E-state index in [1.165, 1.54) is 0 Å². The van der Waals surface area contributed by atoms with Crippen LogP contribution in [0.3, 0.4) is 0 Å². The van der Waals surface area contributed by atoms with Crippen molar-refractivity contribution in [3.63, 3.8) is 0 Å². The van der Waals surface area contributed by atoms with E-state index in [1.54, 1.807) is 37.3 Å². The molecule has 7 nitrogen and oxygen atoms in total. The van der Waals surface area contributed by atoms with E-state index < -0.39 is 22.0 Å². The molecule has 1 heterocycles. The molecular weight excluding hydrogens is 294 g/mol. The molecule has 0 saturated heterocycles. The molecule has 2 rings (SSSR count). The molecule has 0 spiro atoms. The van der Waals surface area contributed by atoms with Crippen molar-refractivity contribution in [3.05, 3.63) is 47.9 Å². The number of aromatic amines is 1. The molecule has 0 fully saturated rings. The molecular formula is C13H15N3O4S. The molecule has 0 amide bonds. The summed E-state index contributed by atoms with van der Waals surface area (Å²) < 4.78 is 26.4. The first-order chi connectivity index (χ1) is 9.88. The summed E-state index contributed by atoms with van der Waals surface area (Å²) >= 11 is 0. The third-order valence-electron chi connectivity index (χ3n) is 2.85. The van der Waals surface area contributed by atoms with Gasteiger partial charge in [-0.1, -0.05) is 30.3 Å². The van der Waals surface area contributed by atoms with E-state index in [0.29, 0.717) is 5.82 Å². The van der Waals surface area contributed by atoms with Gasteiger partial charge in [0.15, 0.2) is 5.03 Å². The Balaban J connectivity index is 2.18. The lowest BCUT2D eigenvalue weighted by Gasteiger charge is -2.14. The highest BCUT2D eigenvalue weighted by Gasteiger charge is 2.26. The molecule has 0 radical (unpaired) electrons. The Kier molecular flexibility index (Phi) is 4.39. The molecule has 0 unspecified atom stereocenters. The minimum atomic E-state index is -3.95. The topological polar surface area (TPSA) is 112 Å². The van der Waals surface area contributed by atoms with Gasteiger partial charge in [0, 0.05) is 0 Å². The van der Waals surface area contributed by atoms with E-state index in [1.807, 2.05) is 0 Å². The van der Waals surface area contributed by atoms with Crippen LogP contribution in [0.15, 0.2) is 41.6 Å². The summed E-state index contributed by atoms with van der Waals surface area (Å²) in [5.41, 5.74) is 0.730. The first kappa shape index (κ1) is 15.2. The second kappa shape index (κ2) is 6.06. The van der Waals surface area contributed by atoms with E-state index >= 15 is 0 Å². The Labute approximate surface area is 122 Å². The average molecular weight is 309 g/mol. The van der Waals surface area contributed by atoms with Crippen LogP contribution in [0, 0.1) is 6.92 Å². The lowest BCUT2D eigenvalue weighted by molar-refractivity contribution is -0.138. The summed E-state index contributed by atoms with van der Waals surface area (Å²) in [6.45, 7) is 1.61. The van der Waals surface area contributed by atoms with E-state index in [2.05, 4.69) is 14.7 Å². The number of rotatable bonds is 6. The molecule has 1 aromatic carbocycles. The number of aliphatic carboxylic acids is 1. The van der Waals surface area contributed by atoms with Crippen molar-refractivity contribution >= 4 is 16.0 Å². The molecule has 21 heavy (non-hydrogen) atoms. The van der Waals surface area contributed by atoms with Crippen LogP contribution in [0.1, 0.15) is 11.4 Å². The fourth-order valence-electron chi connectivity index (χ4n) is 1.81. The molecule has 0 aliphatic rings. The lowest BCUT2D eigenvalue weighted by atomic mass is 10.1. The number of hydrogen-bond acceptors (Lipinski definition) is 4. The summed E-state index contributed by atoms with van der Waals surface area (Å²) in [6, 6.07) is 7.56. The SMILES string of the molecule is Cc1ncc(S(=O)(=O)N[C@@H](Cc2ccccc2)C(=O)O)[nH]1. The number of aryl methyl sites for hydroxylation is 1. The van der Waals surface area contributed by atoms with E-state index in [4.69, 9.17) is 0 Å². The van der Waals surface area contributed by atoms with Crippen LogP contribution in [0.2, 0.25) is 0 Å². The highest BCUT2D eigenvalue weighted by molar-refractivity contribution is 7.89. The molecule has 0 bridgehead atoms. The van der Waals surface area contributed by atoms with E-state index in [0.717, 1.165) is 11.8 Å². The molecule has 1 aromatic heterocycles. The van der Waals surface area contributed by atoms with Gasteiger partial charge in [0.2, 0.25) is 0 Å². The number of carboxylic acids is 1. The first-order valence-electron chi connectivity index (χ1n) is 6.19. The average Bonchev–Trinajstić information content (AvgIpc) is 2.86. The van der Waals surface area contributed by atoms with Gasteiger partial charge in [0.1, 0.15) is 11.9 Å². The number of H-pyrrole nitrogens is 1. The second-order valence-electron chi connectivity index (χ2n) is 4.53. The van der Waals surface area contributed by atoms with E-state index in [9.17, 15) is 18.3 Å². The number of benzene rings is 1. The molecule has 2 aromatic rings. The van der Waals surface area contributed by atoms with Gasteiger partial charge < -0.3 is 10.1 Å². The van der Waals surface area contributed by atoms with Gasteiger partial charge in [-0.15, -0.1) is 0 Å². The molecule has 0 aliphatic carbocycles. The van der Waals surface area contributed by atoms with Gasteiger partial charge in [0.25, 0.3) is 10.0 Å². The third kappa shape index (κ3) is 3.89. The van der Waals surface area contributed by atoms with Gasteiger partial charge in [-0.25, -0.2) is 13.4 Å². The smallest absolute Gasteiger partial charge is 0.322 e. The molecule has 112 valence electrons. The number of nitrogens with one attached hydrogen (secondary N) is 2. The fourth-order valence-corrected chi connectivity index (χ4v) is 2.97. The summed E-state index contributed by atoms with van der Waals surface area (Å²) in [4.78, 5) is 17.6. The maximum absolute atomic E-state index is 12.1. The van der Waals surface area contributed by atoms with Crippen molar-refractivity contribution in [1.29, 1.82) is 0 Å². The third-order valence-corrected chi connectivity index (χ3v) is 4.23. The highest BCUT2D eigenvalue weighted by atomic mass is 32.2. The van der Waals surface area contributed by atoms with Gasteiger partial charge in [-0.3, -0.25) is 4.79 Å². The van der Waals surface area contributed by atoms with Crippen LogP contribution < -0.4 is 4.72 Å². The Hall–Kier alpha value is -2.19. The number of hydrogen-bond donors (Lipinski definition) is 3. The first-order valence-corrected chi connectivity index (χ1v) is 7.67. The molecule has 8 heteroatoms. The Morgan fingerprint density at radius 1 is 1.38 bits per heavy atom. The fraction of sp³-hybridized carbons (Fsp3) is 0.231. The van der Waals surface area contributed by atoms with Crippen LogP contribution in [0.25, 0.3) is 0 Å². The zero-order valence-corrected chi connectivity index (χ0v) is 12.1. The normalized spacial score (nSPS) is 13.0. The Bertz CT molecular complexity index is 725. The zero-order valence-electron chi connectivity index (χ0n) is 11.3. The second-order valence-corrected chi connectivity index (χ2v) is 6.22. The Morgan fingerprint density at radius 3 is 2.57 bits per heavy atom. The highest BCUT2D eigenvalue weighted by Crippen LogP contribution is 2.09. The maximum Gasteiger partial charge on any atom is 0.322 e. The zero-order chi connectivity index (χ0) is 15.5. The lowest BCUT2D eigenvalue weighted by Crippen LogP contribution is -2.42. The van der Waals surface area contributed by atoms with Gasteiger partial charge in [0.05, 0.1) is 6.20 Å². The molecule has 0 aliphatic heterocycles. The standard InChI is InChI=1S/C13H15N3O4S/c1-9-14-8-12(15-9)21(19,20)16-11(13(17)18)7-10-5-3-2-4-6-10/h2-6,8,11,16H,7H2,1H3,(H,14,15)(H,17,18)/t11-/m0/s1. The summed E-state index contributed by atoms with van der Waals surface area (Å²) in [6.07, 6.45) is 1.21. The number of imidazole rings is 1. The van der Waals surface area contributed by atoms with Crippen molar-refractivity contribution in [2.45, 2.75) is 24.4 Å². The minimum absolute atomic E-state index is 0.0581. The summed E-state index contributed by atoms with van der Waals surface area (Å²) in [7, 11) is -3.95. The quantitative estimate of drug-likeness (QED) is 0.727.